The van der Waals surface area contributed by atoms with Crippen molar-refractivity contribution < 1.29 is 13.8 Å². The van der Waals surface area contributed by atoms with Gasteiger partial charge in [0.05, 0.1) is 0 Å². The third kappa shape index (κ3) is 1.84. The van der Waals surface area contributed by atoms with Crippen LogP contribution in [0, 0.1) is 0 Å². The third-order valence-electron chi connectivity index (χ3n) is 2.32. The van der Waals surface area contributed by atoms with Gasteiger partial charge in [-0.25, -0.2) is 0 Å². The first-order valence-corrected chi connectivity index (χ1v) is 5.91. The topological polar surface area (TPSA) is 35.5 Å². The molecule has 1 aromatic carbocycles. The minimum absolute atomic E-state index is 0.513. The van der Waals surface area contributed by atoms with Crippen LogP contribution in [-0.2, 0) is 9.09 Å². The Kier molecular flexibility index (Phi) is 2.62. The van der Waals surface area contributed by atoms with Crippen LogP contribution >= 0.6 is 8.03 Å². The Hall–Kier alpha value is -0.790. The van der Waals surface area contributed by atoms with Crippen molar-refractivity contribution in [2.75, 3.05) is 7.11 Å². The van der Waals surface area contributed by atoms with Crippen molar-refractivity contribution in [1.29, 1.82) is 0 Å². The minimum atomic E-state index is -2.06. The van der Waals surface area contributed by atoms with Crippen LogP contribution < -0.4 is 4.74 Å². The van der Waals surface area contributed by atoms with E-state index in [9.17, 15) is 4.57 Å². The zero-order valence-electron chi connectivity index (χ0n) is 8.03. The van der Waals surface area contributed by atoms with Crippen molar-refractivity contribution in [3.05, 3.63) is 30.3 Å². The molecular weight excluding hydrogens is 199 g/mol. The standard InChI is InChI=1S/C10H13O3P/c1-12-14(11)10(7-8-10)13-9-5-3-2-4-6-9/h2-6,14H,7-8H2,1H3. The normalized spacial score (nSPS) is 20.1. The number of benzene rings is 1. The molecule has 1 saturated carbocycles. The Morgan fingerprint density at radius 3 is 2.43 bits per heavy atom. The Morgan fingerprint density at radius 1 is 1.29 bits per heavy atom. The maximum absolute atomic E-state index is 11.5. The van der Waals surface area contributed by atoms with Gasteiger partial charge in [-0.3, -0.25) is 4.57 Å². The van der Waals surface area contributed by atoms with Gasteiger partial charge in [0, 0.05) is 20.0 Å². The van der Waals surface area contributed by atoms with Gasteiger partial charge in [0.15, 0.2) is 5.34 Å². The molecule has 0 amide bonds. The van der Waals surface area contributed by atoms with Gasteiger partial charge in [-0.05, 0) is 12.1 Å². The van der Waals surface area contributed by atoms with E-state index in [1.165, 1.54) is 7.11 Å². The van der Waals surface area contributed by atoms with E-state index in [0.29, 0.717) is 0 Å². The van der Waals surface area contributed by atoms with Gasteiger partial charge < -0.3 is 9.26 Å². The molecule has 0 radical (unpaired) electrons. The second kappa shape index (κ2) is 3.76. The fourth-order valence-electron chi connectivity index (χ4n) is 1.36. The average molecular weight is 212 g/mol. The van der Waals surface area contributed by atoms with Gasteiger partial charge in [-0.1, -0.05) is 18.2 Å². The fraction of sp³-hybridized carbons (Fsp3) is 0.400. The highest BCUT2D eigenvalue weighted by Crippen LogP contribution is 2.57. The lowest BCUT2D eigenvalue weighted by atomic mass is 10.3. The fourth-order valence-corrected chi connectivity index (χ4v) is 2.47. The van der Waals surface area contributed by atoms with Crippen LogP contribution in [0.3, 0.4) is 0 Å². The first-order chi connectivity index (χ1) is 6.77. The van der Waals surface area contributed by atoms with Crippen LogP contribution in [0.15, 0.2) is 30.3 Å². The van der Waals surface area contributed by atoms with E-state index in [1.807, 2.05) is 30.3 Å². The largest absolute Gasteiger partial charge is 0.477 e. The van der Waals surface area contributed by atoms with E-state index in [0.717, 1.165) is 18.6 Å². The summed E-state index contributed by atoms with van der Waals surface area (Å²) >= 11 is 0. The Bertz CT molecular complexity index is 332. The molecule has 1 aliphatic carbocycles. The lowest BCUT2D eigenvalue weighted by molar-refractivity contribution is 0.236. The van der Waals surface area contributed by atoms with Crippen molar-refractivity contribution in [2.24, 2.45) is 0 Å². The molecule has 0 heterocycles. The van der Waals surface area contributed by atoms with Crippen molar-refractivity contribution in [3.8, 4) is 5.75 Å². The Balaban J connectivity index is 2.08. The summed E-state index contributed by atoms with van der Waals surface area (Å²) in [6, 6.07) is 9.45. The second-order valence-corrected chi connectivity index (χ2v) is 5.30. The first kappa shape index (κ1) is 9.75. The van der Waals surface area contributed by atoms with Crippen LogP contribution in [0.25, 0.3) is 0 Å². The van der Waals surface area contributed by atoms with Crippen molar-refractivity contribution in [1.82, 2.24) is 0 Å². The predicted molar refractivity (Wildman–Crippen MR) is 55.0 cm³/mol. The van der Waals surface area contributed by atoms with Gasteiger partial charge in [-0.2, -0.15) is 0 Å². The van der Waals surface area contributed by atoms with Crippen molar-refractivity contribution >= 4 is 8.03 Å². The summed E-state index contributed by atoms with van der Waals surface area (Å²) in [5, 5.41) is -0.513. The summed E-state index contributed by atoms with van der Waals surface area (Å²) in [6.07, 6.45) is 1.65. The van der Waals surface area contributed by atoms with E-state index >= 15 is 0 Å². The van der Waals surface area contributed by atoms with E-state index in [1.54, 1.807) is 0 Å². The van der Waals surface area contributed by atoms with Gasteiger partial charge in [0.25, 0.3) is 0 Å². The molecule has 0 aromatic heterocycles. The molecule has 4 heteroatoms. The van der Waals surface area contributed by atoms with Gasteiger partial charge in [0.1, 0.15) is 5.75 Å². The van der Waals surface area contributed by atoms with Crippen molar-refractivity contribution in [3.63, 3.8) is 0 Å². The van der Waals surface area contributed by atoms with Crippen molar-refractivity contribution in [2.45, 2.75) is 18.2 Å². The van der Waals surface area contributed by atoms with Gasteiger partial charge in [-0.15, -0.1) is 0 Å². The molecule has 0 N–H and O–H groups in total. The molecule has 1 aromatic rings. The summed E-state index contributed by atoms with van der Waals surface area (Å²) in [5.74, 6) is 0.764. The zero-order chi connectivity index (χ0) is 10.0. The van der Waals surface area contributed by atoms with E-state index in [4.69, 9.17) is 9.26 Å². The Labute approximate surface area is 83.9 Å². The highest BCUT2D eigenvalue weighted by Gasteiger charge is 2.51. The summed E-state index contributed by atoms with van der Waals surface area (Å²) in [7, 11) is -0.596. The Morgan fingerprint density at radius 2 is 1.93 bits per heavy atom. The lowest BCUT2D eigenvalue weighted by Gasteiger charge is -2.16. The highest BCUT2D eigenvalue weighted by atomic mass is 31.1. The molecule has 0 bridgehead atoms. The molecule has 0 aliphatic heterocycles. The van der Waals surface area contributed by atoms with E-state index in [-0.39, 0.29) is 0 Å². The molecule has 1 unspecified atom stereocenters. The van der Waals surface area contributed by atoms with Gasteiger partial charge >= 0.3 is 0 Å². The lowest BCUT2D eigenvalue weighted by Crippen LogP contribution is -2.13. The molecule has 0 saturated heterocycles. The smallest absolute Gasteiger partial charge is 0.233 e. The van der Waals surface area contributed by atoms with Crippen LogP contribution in [0.2, 0.25) is 0 Å². The summed E-state index contributed by atoms with van der Waals surface area (Å²) in [4.78, 5) is 0. The van der Waals surface area contributed by atoms with E-state index < -0.39 is 13.4 Å². The highest BCUT2D eigenvalue weighted by molar-refractivity contribution is 7.41. The molecule has 2 rings (SSSR count). The number of para-hydroxylation sites is 1. The molecule has 0 spiro atoms. The second-order valence-electron chi connectivity index (χ2n) is 3.40. The third-order valence-corrected chi connectivity index (χ3v) is 4.03. The molecular formula is C10H13O3P. The van der Waals surface area contributed by atoms with E-state index in [2.05, 4.69) is 0 Å². The molecule has 1 fully saturated rings. The SMILES string of the molecule is CO[PH](=O)C1(Oc2ccccc2)CC1. The predicted octanol–water partition coefficient (Wildman–Crippen LogP) is 2.68. The first-order valence-electron chi connectivity index (χ1n) is 4.59. The quantitative estimate of drug-likeness (QED) is 0.720. The molecule has 1 atom stereocenters. The number of rotatable bonds is 4. The maximum atomic E-state index is 11.5. The summed E-state index contributed by atoms with van der Waals surface area (Å²) < 4.78 is 22.1. The summed E-state index contributed by atoms with van der Waals surface area (Å²) in [5.41, 5.74) is 0. The molecule has 76 valence electrons. The number of ether oxygens (including phenoxy) is 1. The average Bonchev–Trinajstić information content (AvgIpc) is 2.99. The van der Waals surface area contributed by atoms with Crippen LogP contribution in [-0.4, -0.2) is 12.5 Å². The maximum Gasteiger partial charge on any atom is 0.233 e. The van der Waals surface area contributed by atoms with Crippen LogP contribution in [0.5, 0.6) is 5.75 Å². The summed E-state index contributed by atoms with van der Waals surface area (Å²) in [6.45, 7) is 0. The number of hydrogen-bond donors (Lipinski definition) is 0. The van der Waals surface area contributed by atoms with Crippen LogP contribution in [0.4, 0.5) is 0 Å². The molecule has 1 aliphatic rings. The minimum Gasteiger partial charge on any atom is -0.477 e. The monoisotopic (exact) mass is 212 g/mol. The zero-order valence-corrected chi connectivity index (χ0v) is 9.03. The number of hydrogen-bond acceptors (Lipinski definition) is 3. The van der Waals surface area contributed by atoms with Crippen LogP contribution in [0.1, 0.15) is 12.8 Å². The molecule has 3 nitrogen and oxygen atoms in total. The molecule has 14 heavy (non-hydrogen) atoms. The van der Waals surface area contributed by atoms with Gasteiger partial charge in [0.2, 0.25) is 8.03 Å².